The van der Waals surface area contributed by atoms with Crippen molar-refractivity contribution in [1.82, 2.24) is 19.9 Å². The second kappa shape index (κ2) is 5.05. The zero-order chi connectivity index (χ0) is 16.0. The molecule has 0 unspecified atom stereocenters. The third-order valence-electron chi connectivity index (χ3n) is 3.82. The van der Waals surface area contributed by atoms with Gasteiger partial charge in [-0.25, -0.2) is 14.8 Å². The number of carbonyl (C=O) groups excluding carboxylic acids is 1. The van der Waals surface area contributed by atoms with E-state index in [0.717, 1.165) is 24.4 Å². The lowest BCUT2D eigenvalue weighted by Crippen LogP contribution is -2.15. The average molecular weight is 309 g/mol. The lowest BCUT2D eigenvalue weighted by Gasteiger charge is -2.07. The Morgan fingerprint density at radius 3 is 2.74 bits per heavy atom. The van der Waals surface area contributed by atoms with Crippen molar-refractivity contribution in [1.29, 1.82) is 0 Å². The number of hydrogen-bond donors (Lipinski definition) is 3. The molecule has 7 heteroatoms. The maximum absolute atomic E-state index is 12.4. The van der Waals surface area contributed by atoms with Crippen LogP contribution in [0.3, 0.4) is 0 Å². The fraction of sp³-hybridized carbons (Fsp3) is 0.250. The van der Waals surface area contributed by atoms with Crippen molar-refractivity contribution >= 4 is 22.6 Å². The van der Waals surface area contributed by atoms with Gasteiger partial charge in [-0.15, -0.1) is 0 Å². The monoisotopic (exact) mass is 309 g/mol. The Bertz CT molecular complexity index is 968. The van der Waals surface area contributed by atoms with E-state index in [1.54, 1.807) is 24.3 Å². The number of aromatic nitrogens is 4. The number of amides is 1. The highest BCUT2D eigenvalue weighted by molar-refractivity contribution is 6.03. The second-order valence-corrected chi connectivity index (χ2v) is 5.82. The first-order valence-electron chi connectivity index (χ1n) is 7.47. The number of rotatable bonds is 3. The molecule has 2 aromatic heterocycles. The number of aryl methyl sites for hydroxylation is 1. The van der Waals surface area contributed by atoms with Gasteiger partial charge in [-0.3, -0.25) is 4.79 Å². The molecule has 7 nitrogen and oxygen atoms in total. The van der Waals surface area contributed by atoms with Gasteiger partial charge in [0.2, 0.25) is 0 Å². The average Bonchev–Trinajstić information content (AvgIpc) is 3.28. The Morgan fingerprint density at radius 2 is 1.96 bits per heavy atom. The summed E-state index contributed by atoms with van der Waals surface area (Å²) in [5.41, 5.74) is 2.82. The first-order valence-corrected chi connectivity index (χ1v) is 7.47. The summed E-state index contributed by atoms with van der Waals surface area (Å²) in [7, 11) is 0. The SMILES string of the molecule is Cc1cc(C(=O)Nc2ccc3[nH]c(=O)[nH]c3c2)nc(C2CC2)n1. The minimum absolute atomic E-state index is 0.274. The van der Waals surface area contributed by atoms with Crippen molar-refractivity contribution in [2.24, 2.45) is 0 Å². The molecule has 0 spiro atoms. The quantitative estimate of drug-likeness (QED) is 0.689. The first-order chi connectivity index (χ1) is 11.1. The van der Waals surface area contributed by atoms with E-state index in [0.29, 0.717) is 28.3 Å². The number of fused-ring (bicyclic) bond motifs is 1. The minimum Gasteiger partial charge on any atom is -0.321 e. The van der Waals surface area contributed by atoms with E-state index in [-0.39, 0.29) is 11.6 Å². The van der Waals surface area contributed by atoms with Crippen LogP contribution in [0.4, 0.5) is 5.69 Å². The molecule has 1 aromatic carbocycles. The largest absolute Gasteiger partial charge is 0.323 e. The lowest BCUT2D eigenvalue weighted by molar-refractivity contribution is 0.102. The van der Waals surface area contributed by atoms with Crippen molar-refractivity contribution in [3.05, 3.63) is 52.0 Å². The molecule has 1 saturated carbocycles. The van der Waals surface area contributed by atoms with Crippen LogP contribution in [0.25, 0.3) is 11.0 Å². The van der Waals surface area contributed by atoms with Crippen molar-refractivity contribution in [3.8, 4) is 0 Å². The van der Waals surface area contributed by atoms with Gasteiger partial charge < -0.3 is 15.3 Å². The summed E-state index contributed by atoms with van der Waals surface area (Å²) in [6, 6.07) is 6.86. The molecule has 3 aromatic rings. The Kier molecular flexibility index (Phi) is 3.00. The van der Waals surface area contributed by atoms with Gasteiger partial charge in [0.1, 0.15) is 11.5 Å². The molecule has 1 aliphatic rings. The summed E-state index contributed by atoms with van der Waals surface area (Å²) in [6.07, 6.45) is 2.17. The van der Waals surface area contributed by atoms with Crippen LogP contribution in [0, 0.1) is 6.92 Å². The zero-order valence-corrected chi connectivity index (χ0v) is 12.5. The number of hydrogen-bond acceptors (Lipinski definition) is 4. The zero-order valence-electron chi connectivity index (χ0n) is 12.5. The summed E-state index contributed by atoms with van der Waals surface area (Å²) in [4.78, 5) is 37.8. The van der Waals surface area contributed by atoms with E-state index in [2.05, 4.69) is 25.3 Å². The molecule has 1 amide bonds. The normalized spacial score (nSPS) is 14.1. The second-order valence-electron chi connectivity index (χ2n) is 5.82. The maximum atomic E-state index is 12.4. The van der Waals surface area contributed by atoms with Crippen molar-refractivity contribution < 1.29 is 4.79 Å². The molecule has 0 radical (unpaired) electrons. The number of nitrogens with zero attached hydrogens (tertiary/aromatic N) is 2. The number of benzene rings is 1. The summed E-state index contributed by atoms with van der Waals surface area (Å²) >= 11 is 0. The van der Waals surface area contributed by atoms with Crippen LogP contribution in [0.15, 0.2) is 29.1 Å². The summed E-state index contributed by atoms with van der Waals surface area (Å²) in [5, 5.41) is 2.81. The molecule has 2 heterocycles. The predicted octanol–water partition coefficient (Wildman–Crippen LogP) is 2.08. The van der Waals surface area contributed by atoms with Crippen molar-refractivity contribution in [3.63, 3.8) is 0 Å². The molecule has 0 atom stereocenters. The molecule has 3 N–H and O–H groups in total. The maximum Gasteiger partial charge on any atom is 0.323 e. The molecular weight excluding hydrogens is 294 g/mol. The van der Waals surface area contributed by atoms with Crippen LogP contribution < -0.4 is 11.0 Å². The van der Waals surface area contributed by atoms with Crippen molar-refractivity contribution in [2.45, 2.75) is 25.7 Å². The third-order valence-corrected chi connectivity index (χ3v) is 3.82. The third kappa shape index (κ3) is 2.73. The number of nitrogens with one attached hydrogen (secondary N) is 3. The first kappa shape index (κ1) is 13.7. The van der Waals surface area contributed by atoms with Gasteiger partial charge in [-0.2, -0.15) is 0 Å². The number of H-pyrrole nitrogens is 2. The minimum atomic E-state index is -0.283. The highest BCUT2D eigenvalue weighted by Gasteiger charge is 2.27. The molecule has 23 heavy (non-hydrogen) atoms. The molecule has 4 rings (SSSR count). The Balaban J connectivity index is 1.62. The van der Waals surface area contributed by atoms with Gasteiger partial charge in [0, 0.05) is 17.3 Å². The van der Waals surface area contributed by atoms with E-state index in [9.17, 15) is 9.59 Å². The Morgan fingerprint density at radius 1 is 1.17 bits per heavy atom. The van der Waals surface area contributed by atoms with Gasteiger partial charge in [0.25, 0.3) is 5.91 Å². The van der Waals surface area contributed by atoms with Crippen LogP contribution in [0.2, 0.25) is 0 Å². The van der Waals surface area contributed by atoms with Gasteiger partial charge in [-0.1, -0.05) is 0 Å². The van der Waals surface area contributed by atoms with Crippen molar-refractivity contribution in [2.75, 3.05) is 5.32 Å². The molecule has 1 fully saturated rings. The summed E-state index contributed by atoms with van der Waals surface area (Å²) in [6.45, 7) is 1.86. The topological polar surface area (TPSA) is 104 Å². The molecule has 0 saturated heterocycles. The lowest BCUT2D eigenvalue weighted by atomic mass is 10.2. The van der Waals surface area contributed by atoms with Gasteiger partial charge in [-0.05, 0) is 44.0 Å². The molecule has 0 aliphatic heterocycles. The molecule has 1 aliphatic carbocycles. The van der Waals surface area contributed by atoms with Crippen LogP contribution in [-0.2, 0) is 0 Å². The number of imidazole rings is 1. The molecular formula is C16H15N5O2. The van der Waals surface area contributed by atoms with Gasteiger partial charge in [0.05, 0.1) is 11.0 Å². The van der Waals surface area contributed by atoms with E-state index in [4.69, 9.17) is 0 Å². The predicted molar refractivity (Wildman–Crippen MR) is 85.6 cm³/mol. The highest BCUT2D eigenvalue weighted by atomic mass is 16.2. The standard InChI is InChI=1S/C16H15N5O2/c1-8-6-13(19-14(17-8)9-2-3-9)15(22)18-10-4-5-11-12(7-10)21-16(23)20-11/h4-7,9H,2-3H2,1H3,(H,18,22)(H2,20,21,23). The molecule has 0 bridgehead atoms. The fourth-order valence-corrected chi connectivity index (χ4v) is 2.54. The number of aromatic amines is 2. The van der Waals surface area contributed by atoms with Crippen LogP contribution >= 0.6 is 0 Å². The number of anilines is 1. The Hall–Kier alpha value is -2.96. The smallest absolute Gasteiger partial charge is 0.321 e. The number of carbonyl (C=O) groups is 1. The fourth-order valence-electron chi connectivity index (χ4n) is 2.54. The van der Waals surface area contributed by atoms with E-state index in [1.807, 2.05) is 6.92 Å². The van der Waals surface area contributed by atoms with Crippen LogP contribution in [0.5, 0.6) is 0 Å². The van der Waals surface area contributed by atoms with E-state index in [1.165, 1.54) is 0 Å². The van der Waals surface area contributed by atoms with E-state index < -0.39 is 0 Å². The van der Waals surface area contributed by atoms with Gasteiger partial charge >= 0.3 is 5.69 Å². The van der Waals surface area contributed by atoms with E-state index >= 15 is 0 Å². The van der Waals surface area contributed by atoms with Crippen LogP contribution in [0.1, 0.15) is 40.8 Å². The van der Waals surface area contributed by atoms with Crippen LogP contribution in [-0.4, -0.2) is 25.8 Å². The summed E-state index contributed by atoms with van der Waals surface area (Å²) in [5.74, 6) is 0.859. The molecule has 116 valence electrons. The van der Waals surface area contributed by atoms with Gasteiger partial charge in [0.15, 0.2) is 0 Å². The summed E-state index contributed by atoms with van der Waals surface area (Å²) < 4.78 is 0. The highest BCUT2D eigenvalue weighted by Crippen LogP contribution is 2.38. The Labute approximate surface area is 131 Å².